The van der Waals surface area contributed by atoms with Crippen molar-refractivity contribution in [1.29, 1.82) is 0 Å². The number of nitrogens with one attached hydrogen (secondary N) is 1. The number of hydrogen-bond donors (Lipinski definition) is 1. The predicted octanol–water partition coefficient (Wildman–Crippen LogP) is 4.21. The van der Waals surface area contributed by atoms with Gasteiger partial charge >= 0.3 is 0 Å². The number of likely N-dealkylation sites (N-methyl/N-ethyl adjacent to an activating group) is 1. The molecule has 1 N–H and O–H groups in total. The molecule has 0 spiro atoms. The van der Waals surface area contributed by atoms with Crippen LogP contribution in [0.3, 0.4) is 0 Å². The van der Waals surface area contributed by atoms with Gasteiger partial charge in [0.2, 0.25) is 5.91 Å². The summed E-state index contributed by atoms with van der Waals surface area (Å²) in [5.41, 5.74) is 4.43. The number of carbonyl (C=O) groups is 1. The maximum Gasteiger partial charge on any atom is 0.238 e. The van der Waals surface area contributed by atoms with Gasteiger partial charge in [-0.2, -0.15) is 0 Å². The van der Waals surface area contributed by atoms with Crippen molar-refractivity contribution in [3.8, 4) is 0 Å². The largest absolute Gasteiger partial charge is 0.325 e. The van der Waals surface area contributed by atoms with E-state index in [2.05, 4.69) is 34.5 Å². The lowest BCUT2D eigenvalue weighted by Crippen LogP contribution is -2.32. The zero-order valence-electron chi connectivity index (χ0n) is 13.5. The number of nitrogens with zero attached hydrogens (tertiary/aromatic N) is 1. The van der Waals surface area contributed by atoms with Crippen molar-refractivity contribution < 1.29 is 4.79 Å². The minimum absolute atomic E-state index is 0.0118. The molecule has 1 aliphatic rings. The van der Waals surface area contributed by atoms with Gasteiger partial charge in [0, 0.05) is 16.8 Å². The lowest BCUT2D eigenvalue weighted by molar-refractivity contribution is -0.117. The summed E-state index contributed by atoms with van der Waals surface area (Å²) in [5.74, 6) is -0.0118. The molecule has 0 heterocycles. The maximum absolute atomic E-state index is 12.4. The quantitative estimate of drug-likeness (QED) is 0.912. The summed E-state index contributed by atoms with van der Waals surface area (Å²) in [6.07, 6.45) is 2.15. The van der Waals surface area contributed by atoms with Gasteiger partial charge in [0.05, 0.1) is 6.54 Å². The van der Waals surface area contributed by atoms with Gasteiger partial charge in [-0.05, 0) is 55.6 Å². The molecular weight excluding hydrogens is 308 g/mol. The zero-order chi connectivity index (χ0) is 16.4. The highest BCUT2D eigenvalue weighted by Crippen LogP contribution is 2.34. The van der Waals surface area contributed by atoms with Crippen LogP contribution in [-0.4, -0.2) is 24.4 Å². The topological polar surface area (TPSA) is 32.3 Å². The Morgan fingerprint density at radius 2 is 2.04 bits per heavy atom. The third kappa shape index (κ3) is 3.41. The molecule has 2 aromatic rings. The lowest BCUT2D eigenvalue weighted by Gasteiger charge is -2.24. The molecule has 0 fully saturated rings. The van der Waals surface area contributed by atoms with E-state index in [1.165, 1.54) is 11.1 Å². The second-order valence-corrected chi connectivity index (χ2v) is 6.54. The van der Waals surface area contributed by atoms with E-state index in [0.717, 1.165) is 24.1 Å². The number of anilines is 1. The molecule has 0 aromatic heterocycles. The van der Waals surface area contributed by atoms with Crippen LogP contribution in [0.2, 0.25) is 5.02 Å². The number of benzene rings is 2. The van der Waals surface area contributed by atoms with E-state index in [0.29, 0.717) is 17.6 Å². The van der Waals surface area contributed by atoms with E-state index in [4.69, 9.17) is 11.6 Å². The number of hydrogen-bond acceptors (Lipinski definition) is 2. The van der Waals surface area contributed by atoms with E-state index < -0.39 is 0 Å². The second-order valence-electron chi connectivity index (χ2n) is 6.13. The first-order valence-corrected chi connectivity index (χ1v) is 8.27. The van der Waals surface area contributed by atoms with Gasteiger partial charge in [0.1, 0.15) is 0 Å². The summed E-state index contributed by atoms with van der Waals surface area (Å²) in [4.78, 5) is 14.5. The van der Waals surface area contributed by atoms with Crippen molar-refractivity contribution in [3.05, 3.63) is 64.2 Å². The highest BCUT2D eigenvalue weighted by atomic mass is 35.5. The van der Waals surface area contributed by atoms with E-state index in [1.54, 1.807) is 0 Å². The highest BCUT2D eigenvalue weighted by molar-refractivity contribution is 6.31. The monoisotopic (exact) mass is 328 g/mol. The molecule has 0 saturated heterocycles. The van der Waals surface area contributed by atoms with Gasteiger partial charge in [-0.25, -0.2) is 0 Å². The SMILES string of the molecule is Cc1c(Cl)cccc1NC(=O)CN(C)[C@H]1CCc2ccccc21. The third-order valence-corrected chi connectivity index (χ3v) is 4.98. The van der Waals surface area contributed by atoms with Crippen LogP contribution >= 0.6 is 11.6 Å². The van der Waals surface area contributed by atoms with Crippen LogP contribution in [0.4, 0.5) is 5.69 Å². The molecule has 23 heavy (non-hydrogen) atoms. The average molecular weight is 329 g/mol. The molecule has 3 nitrogen and oxygen atoms in total. The number of rotatable bonds is 4. The second kappa shape index (κ2) is 6.73. The average Bonchev–Trinajstić information content (AvgIpc) is 2.96. The van der Waals surface area contributed by atoms with Gasteiger partial charge in [-0.15, -0.1) is 0 Å². The van der Waals surface area contributed by atoms with Crippen molar-refractivity contribution in [1.82, 2.24) is 4.90 Å². The Balaban J connectivity index is 1.65. The molecule has 0 aliphatic heterocycles. The van der Waals surface area contributed by atoms with Crippen molar-refractivity contribution >= 4 is 23.2 Å². The molecular formula is C19H21ClN2O. The Morgan fingerprint density at radius 1 is 1.26 bits per heavy atom. The number of halogens is 1. The first kappa shape index (κ1) is 16.0. The first-order chi connectivity index (χ1) is 11.1. The molecule has 3 rings (SSSR count). The molecule has 0 radical (unpaired) electrons. The summed E-state index contributed by atoms with van der Waals surface area (Å²) in [6, 6.07) is 14.4. The Hall–Kier alpha value is -1.84. The highest BCUT2D eigenvalue weighted by Gasteiger charge is 2.26. The standard InChI is InChI=1S/C19H21ClN2O/c1-13-16(20)8-5-9-17(13)21-19(23)12-22(2)18-11-10-14-6-3-4-7-15(14)18/h3-9,18H,10-12H2,1-2H3,(H,21,23)/t18-/m0/s1. The fourth-order valence-corrected chi connectivity index (χ4v) is 3.44. The van der Waals surface area contributed by atoms with Gasteiger partial charge in [0.25, 0.3) is 0 Å². The minimum atomic E-state index is -0.0118. The van der Waals surface area contributed by atoms with E-state index in [1.807, 2.05) is 32.2 Å². The minimum Gasteiger partial charge on any atom is -0.325 e. The summed E-state index contributed by atoms with van der Waals surface area (Å²) in [5, 5.41) is 3.63. The summed E-state index contributed by atoms with van der Waals surface area (Å²) < 4.78 is 0. The van der Waals surface area contributed by atoms with E-state index in [-0.39, 0.29) is 5.91 Å². The van der Waals surface area contributed by atoms with Crippen molar-refractivity contribution in [2.75, 3.05) is 18.9 Å². The lowest BCUT2D eigenvalue weighted by atomic mass is 10.1. The summed E-state index contributed by atoms with van der Waals surface area (Å²) in [6.45, 7) is 2.28. The molecule has 120 valence electrons. The van der Waals surface area contributed by atoms with Crippen LogP contribution in [0, 0.1) is 6.92 Å². The fraction of sp³-hybridized carbons (Fsp3) is 0.316. The molecule has 1 atom stereocenters. The van der Waals surface area contributed by atoms with Crippen LogP contribution in [0.15, 0.2) is 42.5 Å². The Labute approximate surface area is 142 Å². The molecule has 0 bridgehead atoms. The number of carbonyl (C=O) groups excluding carboxylic acids is 1. The zero-order valence-corrected chi connectivity index (χ0v) is 14.2. The summed E-state index contributed by atoms with van der Waals surface area (Å²) >= 11 is 6.10. The van der Waals surface area contributed by atoms with Gasteiger partial charge in [-0.1, -0.05) is 41.9 Å². The number of fused-ring (bicyclic) bond motifs is 1. The third-order valence-electron chi connectivity index (χ3n) is 4.57. The Morgan fingerprint density at radius 3 is 2.87 bits per heavy atom. The van der Waals surface area contributed by atoms with Crippen LogP contribution in [-0.2, 0) is 11.2 Å². The van der Waals surface area contributed by atoms with Gasteiger partial charge < -0.3 is 5.32 Å². The maximum atomic E-state index is 12.4. The molecule has 1 amide bonds. The number of amides is 1. The predicted molar refractivity (Wildman–Crippen MR) is 95.0 cm³/mol. The molecule has 2 aromatic carbocycles. The molecule has 4 heteroatoms. The van der Waals surface area contributed by atoms with Crippen molar-refractivity contribution in [3.63, 3.8) is 0 Å². The van der Waals surface area contributed by atoms with Crippen molar-refractivity contribution in [2.45, 2.75) is 25.8 Å². The van der Waals surface area contributed by atoms with Gasteiger partial charge in [0.15, 0.2) is 0 Å². The van der Waals surface area contributed by atoms with Crippen LogP contribution < -0.4 is 5.32 Å². The van der Waals surface area contributed by atoms with Gasteiger partial charge in [-0.3, -0.25) is 9.69 Å². The Bertz CT molecular complexity index is 729. The summed E-state index contributed by atoms with van der Waals surface area (Å²) in [7, 11) is 2.01. The Kier molecular flexibility index (Phi) is 4.69. The molecule has 0 saturated carbocycles. The van der Waals surface area contributed by atoms with Crippen molar-refractivity contribution in [2.24, 2.45) is 0 Å². The fourth-order valence-electron chi connectivity index (χ4n) is 3.26. The van der Waals surface area contributed by atoms with E-state index >= 15 is 0 Å². The molecule has 1 aliphatic carbocycles. The smallest absolute Gasteiger partial charge is 0.238 e. The van der Waals surface area contributed by atoms with Crippen LogP contribution in [0.5, 0.6) is 0 Å². The molecule has 0 unspecified atom stereocenters. The van der Waals surface area contributed by atoms with Crippen LogP contribution in [0.1, 0.15) is 29.2 Å². The first-order valence-electron chi connectivity index (χ1n) is 7.89. The van der Waals surface area contributed by atoms with Crippen LogP contribution in [0.25, 0.3) is 0 Å². The normalized spacial score (nSPS) is 16.4. The van der Waals surface area contributed by atoms with E-state index in [9.17, 15) is 4.79 Å². The number of aryl methyl sites for hydroxylation is 1.